The maximum absolute atomic E-state index is 3.64. The Morgan fingerprint density at radius 1 is 0.833 bits per heavy atom. The maximum Gasteiger partial charge on any atom is 0.0401 e. The number of nitrogens with zero attached hydrogens (tertiary/aromatic N) is 1. The molecule has 0 heterocycles. The van der Waals surface area contributed by atoms with Crippen molar-refractivity contribution in [2.45, 2.75) is 46.5 Å². The van der Waals surface area contributed by atoms with Gasteiger partial charge in [-0.1, -0.05) is 64.1 Å². The highest BCUT2D eigenvalue weighted by Gasteiger charge is 2.12. The molecule has 2 heteroatoms. The highest BCUT2D eigenvalue weighted by atomic mass is 15.1. The predicted molar refractivity (Wildman–Crippen MR) is 107 cm³/mol. The summed E-state index contributed by atoms with van der Waals surface area (Å²) in [5.74, 6) is 1.09. The smallest absolute Gasteiger partial charge is 0.0401 e. The van der Waals surface area contributed by atoms with Crippen molar-refractivity contribution in [3.63, 3.8) is 0 Å². The van der Waals surface area contributed by atoms with Gasteiger partial charge in [-0.15, -0.1) is 0 Å². The number of nitrogens with one attached hydrogen (secondary N) is 1. The van der Waals surface area contributed by atoms with E-state index < -0.39 is 0 Å². The Balaban J connectivity index is 2.05. The second-order valence-corrected chi connectivity index (χ2v) is 6.96. The van der Waals surface area contributed by atoms with Gasteiger partial charge in [0.05, 0.1) is 0 Å². The Morgan fingerprint density at radius 2 is 1.42 bits per heavy atom. The molecule has 0 saturated carbocycles. The Morgan fingerprint density at radius 3 is 2.04 bits per heavy atom. The molecule has 2 aromatic rings. The Labute approximate surface area is 147 Å². The zero-order valence-electron chi connectivity index (χ0n) is 15.8. The number of hydrogen-bond acceptors (Lipinski definition) is 2. The van der Waals surface area contributed by atoms with Crippen molar-refractivity contribution in [3.05, 3.63) is 59.7 Å². The van der Waals surface area contributed by atoms with Gasteiger partial charge in [-0.2, -0.15) is 0 Å². The Bertz CT molecular complexity index is 631. The molecular weight excluding hydrogens is 292 g/mol. The van der Waals surface area contributed by atoms with Crippen LogP contribution in [-0.2, 0) is 0 Å². The first-order valence-corrected chi connectivity index (χ1v) is 9.21. The zero-order valence-corrected chi connectivity index (χ0v) is 15.8. The monoisotopic (exact) mass is 324 g/mol. The molecule has 0 aromatic heterocycles. The summed E-state index contributed by atoms with van der Waals surface area (Å²) in [6.45, 7) is 14.2. The topological polar surface area (TPSA) is 15.3 Å². The van der Waals surface area contributed by atoms with Crippen molar-refractivity contribution in [2.75, 3.05) is 29.9 Å². The molecular formula is C22H32N2. The summed E-state index contributed by atoms with van der Waals surface area (Å²) in [4.78, 5) is 2.47. The summed E-state index contributed by atoms with van der Waals surface area (Å²) in [5.41, 5.74) is 5.46. The average Bonchev–Trinajstić information content (AvgIpc) is 2.59. The van der Waals surface area contributed by atoms with E-state index in [0.717, 1.165) is 19.6 Å². The summed E-state index contributed by atoms with van der Waals surface area (Å²) in [6.07, 6.45) is 0. The summed E-state index contributed by atoms with van der Waals surface area (Å²) in [5, 5.41) is 3.64. The van der Waals surface area contributed by atoms with E-state index in [2.05, 4.69) is 93.4 Å². The Kier molecular flexibility index (Phi) is 6.72. The highest BCUT2D eigenvalue weighted by molar-refractivity contribution is 5.56. The number of likely N-dealkylation sites (N-methyl/N-ethyl adjacent to an activating group) is 1. The molecule has 0 aliphatic heterocycles. The number of benzene rings is 2. The van der Waals surface area contributed by atoms with E-state index >= 15 is 0 Å². The number of anilines is 2. The van der Waals surface area contributed by atoms with Crippen LogP contribution in [0.25, 0.3) is 0 Å². The van der Waals surface area contributed by atoms with Crippen molar-refractivity contribution < 1.29 is 0 Å². The largest absolute Gasteiger partial charge is 0.383 e. The van der Waals surface area contributed by atoms with Gasteiger partial charge in [-0.25, -0.2) is 0 Å². The standard InChI is InChI=1S/C22H32N2/c1-6-24(22-14-10-8-12-20(22)18(4)5)16-15-23-21-13-9-7-11-19(21)17(2)3/h7-14,17-18,23H,6,15-16H2,1-5H3. The first-order chi connectivity index (χ1) is 11.5. The molecule has 2 nitrogen and oxygen atoms in total. The highest BCUT2D eigenvalue weighted by Crippen LogP contribution is 2.27. The van der Waals surface area contributed by atoms with Gasteiger partial charge >= 0.3 is 0 Å². The minimum absolute atomic E-state index is 0.539. The van der Waals surface area contributed by atoms with Crippen LogP contribution in [0.1, 0.15) is 57.6 Å². The van der Waals surface area contributed by atoms with E-state index in [1.165, 1.54) is 22.5 Å². The van der Waals surface area contributed by atoms with Gasteiger partial charge < -0.3 is 10.2 Å². The van der Waals surface area contributed by atoms with Gasteiger partial charge in [0, 0.05) is 31.0 Å². The van der Waals surface area contributed by atoms with E-state index in [1.54, 1.807) is 0 Å². The third-order valence-electron chi connectivity index (χ3n) is 4.56. The summed E-state index contributed by atoms with van der Waals surface area (Å²) < 4.78 is 0. The van der Waals surface area contributed by atoms with E-state index in [1.807, 2.05) is 0 Å². The van der Waals surface area contributed by atoms with Gasteiger partial charge in [0.25, 0.3) is 0 Å². The predicted octanol–water partition coefficient (Wildman–Crippen LogP) is 5.87. The fourth-order valence-corrected chi connectivity index (χ4v) is 3.20. The number of rotatable bonds is 8. The summed E-state index contributed by atoms with van der Waals surface area (Å²) in [7, 11) is 0. The lowest BCUT2D eigenvalue weighted by Crippen LogP contribution is -2.30. The first-order valence-electron chi connectivity index (χ1n) is 9.21. The minimum atomic E-state index is 0.539. The lowest BCUT2D eigenvalue weighted by molar-refractivity contribution is 0.799. The second-order valence-electron chi connectivity index (χ2n) is 6.96. The molecule has 0 aliphatic rings. The molecule has 0 aliphatic carbocycles. The lowest BCUT2D eigenvalue weighted by atomic mass is 10.0. The van der Waals surface area contributed by atoms with Gasteiger partial charge in [-0.3, -0.25) is 0 Å². The van der Waals surface area contributed by atoms with E-state index in [4.69, 9.17) is 0 Å². The van der Waals surface area contributed by atoms with Crippen LogP contribution >= 0.6 is 0 Å². The normalized spacial score (nSPS) is 11.1. The average molecular weight is 325 g/mol. The van der Waals surface area contributed by atoms with Crippen molar-refractivity contribution in [1.82, 2.24) is 0 Å². The molecule has 24 heavy (non-hydrogen) atoms. The molecule has 0 saturated heterocycles. The molecule has 2 aromatic carbocycles. The SMILES string of the molecule is CCN(CCNc1ccccc1C(C)C)c1ccccc1C(C)C. The van der Waals surface area contributed by atoms with E-state index in [0.29, 0.717) is 11.8 Å². The van der Waals surface area contributed by atoms with Crippen LogP contribution in [-0.4, -0.2) is 19.6 Å². The summed E-state index contributed by atoms with van der Waals surface area (Å²) in [6, 6.07) is 17.4. The van der Waals surface area contributed by atoms with E-state index in [9.17, 15) is 0 Å². The van der Waals surface area contributed by atoms with Crippen molar-refractivity contribution in [1.29, 1.82) is 0 Å². The van der Waals surface area contributed by atoms with Gasteiger partial charge in [-0.05, 0) is 42.0 Å². The molecule has 0 unspecified atom stereocenters. The summed E-state index contributed by atoms with van der Waals surface area (Å²) >= 11 is 0. The fourth-order valence-electron chi connectivity index (χ4n) is 3.20. The zero-order chi connectivity index (χ0) is 17.5. The molecule has 1 N–H and O–H groups in total. The van der Waals surface area contributed by atoms with Crippen LogP contribution in [0.2, 0.25) is 0 Å². The van der Waals surface area contributed by atoms with Crippen molar-refractivity contribution >= 4 is 11.4 Å². The van der Waals surface area contributed by atoms with Crippen LogP contribution in [0.4, 0.5) is 11.4 Å². The van der Waals surface area contributed by atoms with Crippen LogP contribution in [0.15, 0.2) is 48.5 Å². The Hall–Kier alpha value is -1.96. The van der Waals surface area contributed by atoms with Crippen molar-refractivity contribution in [2.24, 2.45) is 0 Å². The van der Waals surface area contributed by atoms with Crippen LogP contribution in [0.3, 0.4) is 0 Å². The third-order valence-corrected chi connectivity index (χ3v) is 4.56. The molecule has 0 fully saturated rings. The van der Waals surface area contributed by atoms with Gasteiger partial charge in [0.2, 0.25) is 0 Å². The third kappa shape index (κ3) is 4.53. The van der Waals surface area contributed by atoms with E-state index in [-0.39, 0.29) is 0 Å². The number of para-hydroxylation sites is 2. The molecule has 0 radical (unpaired) electrons. The quantitative estimate of drug-likeness (QED) is 0.653. The molecule has 0 bridgehead atoms. The molecule has 130 valence electrons. The van der Waals surface area contributed by atoms with Crippen molar-refractivity contribution in [3.8, 4) is 0 Å². The molecule has 0 spiro atoms. The second kappa shape index (κ2) is 8.77. The van der Waals surface area contributed by atoms with Gasteiger partial charge in [0.15, 0.2) is 0 Å². The van der Waals surface area contributed by atoms with Crippen LogP contribution in [0, 0.1) is 0 Å². The van der Waals surface area contributed by atoms with Crippen LogP contribution < -0.4 is 10.2 Å². The fraction of sp³-hybridized carbons (Fsp3) is 0.455. The first kappa shape index (κ1) is 18.4. The van der Waals surface area contributed by atoms with Crippen LogP contribution in [0.5, 0.6) is 0 Å². The molecule has 0 amide bonds. The molecule has 2 rings (SSSR count). The lowest BCUT2D eigenvalue weighted by Gasteiger charge is -2.27. The van der Waals surface area contributed by atoms with Gasteiger partial charge in [0.1, 0.15) is 0 Å². The maximum atomic E-state index is 3.64. The number of hydrogen-bond donors (Lipinski definition) is 1. The minimum Gasteiger partial charge on any atom is -0.383 e. The molecule has 0 atom stereocenters.